The average molecular weight is 348 g/mol. The molecule has 0 aromatic heterocycles. The smallest absolute Gasteiger partial charge is 0.319 e. The van der Waals surface area contributed by atoms with Crippen molar-refractivity contribution in [3.05, 3.63) is 24.3 Å². The number of urea groups is 1. The number of carbonyl (C=O) groups is 1. The van der Waals surface area contributed by atoms with Crippen molar-refractivity contribution in [2.75, 3.05) is 56.1 Å². The van der Waals surface area contributed by atoms with Crippen LogP contribution in [0.15, 0.2) is 24.3 Å². The number of rotatable bonds is 7. The van der Waals surface area contributed by atoms with Gasteiger partial charge in [0.2, 0.25) is 0 Å². The molecule has 1 aliphatic heterocycles. The topological polar surface area (TPSA) is 67.8 Å². The fourth-order valence-corrected chi connectivity index (χ4v) is 3.04. The summed E-state index contributed by atoms with van der Waals surface area (Å²) < 4.78 is 0. The maximum absolute atomic E-state index is 12.3. The van der Waals surface area contributed by atoms with Crippen molar-refractivity contribution in [1.29, 1.82) is 0 Å². The fourth-order valence-electron chi connectivity index (χ4n) is 3.04. The van der Waals surface area contributed by atoms with Crippen LogP contribution in [0, 0.1) is 5.41 Å². The molecule has 0 unspecified atom stereocenters. The molecule has 6 heteroatoms. The summed E-state index contributed by atoms with van der Waals surface area (Å²) in [6.07, 6.45) is 0.658. The Balaban J connectivity index is 1.95. The van der Waals surface area contributed by atoms with Crippen LogP contribution in [0.25, 0.3) is 0 Å². The van der Waals surface area contributed by atoms with Crippen LogP contribution < -0.4 is 15.5 Å². The predicted molar refractivity (Wildman–Crippen MR) is 103 cm³/mol. The summed E-state index contributed by atoms with van der Waals surface area (Å²) in [6, 6.07) is 7.75. The molecule has 0 bridgehead atoms. The number of hydrogen-bond donors (Lipinski definition) is 3. The van der Waals surface area contributed by atoms with E-state index in [0.29, 0.717) is 13.0 Å². The number of hydrogen-bond acceptors (Lipinski definition) is 4. The number of anilines is 2. The van der Waals surface area contributed by atoms with E-state index in [-0.39, 0.29) is 18.1 Å². The third kappa shape index (κ3) is 5.90. The zero-order chi connectivity index (χ0) is 18.3. The highest BCUT2D eigenvalue weighted by Gasteiger charge is 2.20. The van der Waals surface area contributed by atoms with E-state index in [1.807, 2.05) is 32.0 Å². The van der Waals surface area contributed by atoms with E-state index in [1.165, 1.54) is 0 Å². The minimum absolute atomic E-state index is 0.123. The molecule has 1 saturated heterocycles. The number of nitrogens with one attached hydrogen (secondary N) is 2. The summed E-state index contributed by atoms with van der Waals surface area (Å²) in [5.41, 5.74) is 1.79. The van der Waals surface area contributed by atoms with Gasteiger partial charge in [0, 0.05) is 39.3 Å². The lowest BCUT2D eigenvalue weighted by atomic mass is 9.90. The van der Waals surface area contributed by atoms with Gasteiger partial charge in [0.25, 0.3) is 0 Å². The molecule has 1 aromatic rings. The average Bonchev–Trinajstić information content (AvgIpc) is 2.61. The Hall–Kier alpha value is -1.79. The standard InChI is InChI=1S/C19H32N4O2/c1-4-22-10-12-23(13-11-22)17-8-6-5-7-16(17)21-18(25)20-15-19(2,3)9-14-24/h5-8,24H,4,9-15H2,1-3H3,(H2,20,21,25). The second kappa shape index (κ2) is 9.06. The molecular weight excluding hydrogens is 316 g/mol. The quantitative estimate of drug-likeness (QED) is 0.708. The number of amides is 2. The van der Waals surface area contributed by atoms with E-state index in [1.54, 1.807) is 0 Å². The SMILES string of the molecule is CCN1CCN(c2ccccc2NC(=O)NCC(C)(C)CCO)CC1. The van der Waals surface area contributed by atoms with Crippen LogP contribution in [0.4, 0.5) is 16.2 Å². The second-order valence-corrected chi connectivity index (χ2v) is 7.38. The molecule has 1 heterocycles. The monoisotopic (exact) mass is 348 g/mol. The highest BCUT2D eigenvalue weighted by Crippen LogP contribution is 2.26. The van der Waals surface area contributed by atoms with Gasteiger partial charge in [-0.25, -0.2) is 4.79 Å². The molecule has 3 N–H and O–H groups in total. The van der Waals surface area contributed by atoms with Gasteiger partial charge < -0.3 is 25.5 Å². The number of para-hydroxylation sites is 2. The first-order valence-corrected chi connectivity index (χ1v) is 9.17. The van der Waals surface area contributed by atoms with Crippen LogP contribution in [0.2, 0.25) is 0 Å². The predicted octanol–water partition coefficient (Wildman–Crippen LogP) is 2.36. The van der Waals surface area contributed by atoms with Gasteiger partial charge in [-0.15, -0.1) is 0 Å². The Morgan fingerprint density at radius 3 is 2.52 bits per heavy atom. The Bertz CT molecular complexity index is 554. The molecule has 0 spiro atoms. The Kier molecular flexibility index (Phi) is 7.08. The molecule has 0 radical (unpaired) electrons. The molecule has 2 rings (SSSR count). The molecule has 2 amide bonds. The van der Waals surface area contributed by atoms with Crippen molar-refractivity contribution in [2.45, 2.75) is 27.2 Å². The van der Waals surface area contributed by atoms with Gasteiger partial charge in [0.15, 0.2) is 0 Å². The van der Waals surface area contributed by atoms with Crippen LogP contribution >= 0.6 is 0 Å². The number of aliphatic hydroxyl groups excluding tert-OH is 1. The number of likely N-dealkylation sites (N-methyl/N-ethyl adjacent to an activating group) is 1. The second-order valence-electron chi connectivity index (χ2n) is 7.38. The van der Waals surface area contributed by atoms with E-state index >= 15 is 0 Å². The number of nitrogens with zero attached hydrogens (tertiary/aromatic N) is 2. The van der Waals surface area contributed by atoms with Gasteiger partial charge >= 0.3 is 6.03 Å². The minimum Gasteiger partial charge on any atom is -0.396 e. The highest BCUT2D eigenvalue weighted by atomic mass is 16.3. The van der Waals surface area contributed by atoms with Gasteiger partial charge in [-0.05, 0) is 30.5 Å². The van der Waals surface area contributed by atoms with E-state index in [2.05, 4.69) is 33.4 Å². The van der Waals surface area contributed by atoms with Crippen molar-refractivity contribution in [2.24, 2.45) is 5.41 Å². The Morgan fingerprint density at radius 1 is 1.20 bits per heavy atom. The molecule has 0 aliphatic carbocycles. The zero-order valence-electron chi connectivity index (χ0n) is 15.7. The van der Waals surface area contributed by atoms with Gasteiger partial charge in [0.1, 0.15) is 0 Å². The lowest BCUT2D eigenvalue weighted by Gasteiger charge is -2.36. The van der Waals surface area contributed by atoms with Gasteiger partial charge in [-0.1, -0.05) is 32.9 Å². The summed E-state index contributed by atoms with van der Waals surface area (Å²) in [5, 5.41) is 15.0. The summed E-state index contributed by atoms with van der Waals surface area (Å²) >= 11 is 0. The van der Waals surface area contributed by atoms with E-state index in [0.717, 1.165) is 44.1 Å². The van der Waals surface area contributed by atoms with Crippen molar-refractivity contribution >= 4 is 17.4 Å². The number of piperazine rings is 1. The molecule has 25 heavy (non-hydrogen) atoms. The summed E-state index contributed by atoms with van der Waals surface area (Å²) in [6.45, 7) is 12.0. The van der Waals surface area contributed by atoms with Crippen molar-refractivity contribution < 1.29 is 9.90 Å². The molecule has 0 saturated carbocycles. The third-order valence-corrected chi connectivity index (χ3v) is 4.83. The summed E-state index contributed by atoms with van der Waals surface area (Å²) in [7, 11) is 0. The fraction of sp³-hybridized carbons (Fsp3) is 0.632. The molecule has 1 aliphatic rings. The first-order chi connectivity index (χ1) is 11.9. The number of aliphatic hydroxyl groups is 1. The molecular formula is C19H32N4O2. The van der Waals surface area contributed by atoms with Gasteiger partial charge in [0.05, 0.1) is 11.4 Å². The van der Waals surface area contributed by atoms with Gasteiger partial charge in [-0.3, -0.25) is 0 Å². The lowest BCUT2D eigenvalue weighted by Crippen LogP contribution is -2.46. The van der Waals surface area contributed by atoms with E-state index in [4.69, 9.17) is 5.11 Å². The van der Waals surface area contributed by atoms with Crippen LogP contribution in [-0.2, 0) is 0 Å². The number of carbonyl (C=O) groups excluding carboxylic acids is 1. The minimum atomic E-state index is -0.203. The van der Waals surface area contributed by atoms with Crippen LogP contribution in [-0.4, -0.2) is 61.9 Å². The lowest BCUT2D eigenvalue weighted by molar-refractivity contribution is 0.204. The first-order valence-electron chi connectivity index (χ1n) is 9.17. The third-order valence-electron chi connectivity index (χ3n) is 4.83. The summed E-state index contributed by atoms with van der Waals surface area (Å²) in [4.78, 5) is 17.0. The van der Waals surface area contributed by atoms with Crippen LogP contribution in [0.3, 0.4) is 0 Å². The van der Waals surface area contributed by atoms with E-state index in [9.17, 15) is 4.79 Å². The molecule has 1 aromatic carbocycles. The van der Waals surface area contributed by atoms with Crippen molar-refractivity contribution in [3.63, 3.8) is 0 Å². The molecule has 6 nitrogen and oxygen atoms in total. The van der Waals surface area contributed by atoms with E-state index < -0.39 is 0 Å². The Labute approximate surface area is 151 Å². The maximum Gasteiger partial charge on any atom is 0.319 e. The van der Waals surface area contributed by atoms with Crippen molar-refractivity contribution in [1.82, 2.24) is 10.2 Å². The van der Waals surface area contributed by atoms with Crippen LogP contribution in [0.5, 0.6) is 0 Å². The zero-order valence-corrected chi connectivity index (χ0v) is 15.7. The molecule has 0 atom stereocenters. The highest BCUT2D eigenvalue weighted by molar-refractivity contribution is 5.93. The van der Waals surface area contributed by atoms with Gasteiger partial charge in [-0.2, -0.15) is 0 Å². The number of benzene rings is 1. The largest absolute Gasteiger partial charge is 0.396 e. The summed E-state index contributed by atoms with van der Waals surface area (Å²) in [5.74, 6) is 0. The maximum atomic E-state index is 12.3. The van der Waals surface area contributed by atoms with Crippen LogP contribution in [0.1, 0.15) is 27.2 Å². The molecule has 140 valence electrons. The van der Waals surface area contributed by atoms with Crippen molar-refractivity contribution in [3.8, 4) is 0 Å². The normalized spacial score (nSPS) is 15.9. The Morgan fingerprint density at radius 2 is 1.88 bits per heavy atom. The molecule has 1 fully saturated rings. The first kappa shape index (κ1) is 19.5.